The van der Waals surface area contributed by atoms with Crippen LogP contribution in [-0.4, -0.2) is 29.7 Å². The van der Waals surface area contributed by atoms with Gasteiger partial charge in [0.05, 0.1) is 0 Å². The number of nitrogens with one attached hydrogen (secondary N) is 2. The van der Waals surface area contributed by atoms with Crippen molar-refractivity contribution in [2.75, 3.05) is 6.54 Å². The lowest BCUT2D eigenvalue weighted by molar-refractivity contribution is -0.141. The smallest absolute Gasteiger partial charge is 0.326 e. The highest BCUT2D eigenvalue weighted by molar-refractivity contribution is 5.83. The molecule has 0 aromatic heterocycles. The van der Waals surface area contributed by atoms with Crippen molar-refractivity contribution in [2.45, 2.75) is 53.0 Å². The number of aliphatic carboxylic acids is 1. The van der Waals surface area contributed by atoms with Crippen LogP contribution in [0.3, 0.4) is 0 Å². The second-order valence-electron chi connectivity index (χ2n) is 6.66. The van der Waals surface area contributed by atoms with Crippen LogP contribution in [0.25, 0.3) is 0 Å². The summed E-state index contributed by atoms with van der Waals surface area (Å²) in [7, 11) is 0. The molecule has 1 aliphatic carbocycles. The molecule has 1 fully saturated rings. The average molecular weight is 270 g/mol. The third-order valence-corrected chi connectivity index (χ3v) is 3.95. The van der Waals surface area contributed by atoms with Crippen molar-refractivity contribution < 1.29 is 14.7 Å². The van der Waals surface area contributed by atoms with Crippen molar-refractivity contribution in [3.05, 3.63) is 0 Å². The Morgan fingerprint density at radius 3 is 2.37 bits per heavy atom. The number of carboxylic acid groups (broad SMARTS) is 1. The minimum atomic E-state index is -1.00. The number of carbonyl (C=O) groups is 2. The van der Waals surface area contributed by atoms with Crippen LogP contribution >= 0.6 is 0 Å². The number of hydrogen-bond donors (Lipinski definition) is 3. The van der Waals surface area contributed by atoms with E-state index in [1.807, 2.05) is 0 Å². The second-order valence-corrected chi connectivity index (χ2v) is 6.66. The monoisotopic (exact) mass is 270 g/mol. The molecular formula is C14H26N2O3. The van der Waals surface area contributed by atoms with Crippen LogP contribution in [0, 0.1) is 17.3 Å². The van der Waals surface area contributed by atoms with Gasteiger partial charge in [0.15, 0.2) is 0 Å². The van der Waals surface area contributed by atoms with Crippen LogP contribution in [0.4, 0.5) is 4.79 Å². The SMILES string of the molecule is CC1CCCC1CNC(=O)NC(C(=O)O)C(C)(C)C. The number of urea groups is 1. The highest BCUT2D eigenvalue weighted by atomic mass is 16.4. The van der Waals surface area contributed by atoms with Gasteiger partial charge in [-0.25, -0.2) is 9.59 Å². The Morgan fingerprint density at radius 1 is 1.32 bits per heavy atom. The largest absolute Gasteiger partial charge is 0.480 e. The minimum Gasteiger partial charge on any atom is -0.480 e. The molecule has 0 bridgehead atoms. The molecule has 5 heteroatoms. The van der Waals surface area contributed by atoms with Gasteiger partial charge in [-0.2, -0.15) is 0 Å². The van der Waals surface area contributed by atoms with E-state index in [1.54, 1.807) is 20.8 Å². The average Bonchev–Trinajstić information content (AvgIpc) is 2.67. The van der Waals surface area contributed by atoms with E-state index >= 15 is 0 Å². The van der Waals surface area contributed by atoms with Gasteiger partial charge in [0.1, 0.15) is 6.04 Å². The second kappa shape index (κ2) is 6.26. The molecule has 110 valence electrons. The summed E-state index contributed by atoms with van der Waals surface area (Å²) in [5.41, 5.74) is -0.510. The molecule has 0 heterocycles. The predicted molar refractivity (Wildman–Crippen MR) is 73.9 cm³/mol. The zero-order chi connectivity index (χ0) is 14.6. The zero-order valence-electron chi connectivity index (χ0n) is 12.3. The van der Waals surface area contributed by atoms with Gasteiger partial charge >= 0.3 is 12.0 Å². The lowest BCUT2D eigenvalue weighted by Crippen LogP contribution is -2.52. The zero-order valence-corrected chi connectivity index (χ0v) is 12.3. The van der Waals surface area contributed by atoms with Crippen molar-refractivity contribution in [2.24, 2.45) is 17.3 Å². The summed E-state index contributed by atoms with van der Waals surface area (Å²) in [5, 5.41) is 14.5. The van der Waals surface area contributed by atoms with Crippen LogP contribution in [0.5, 0.6) is 0 Å². The van der Waals surface area contributed by atoms with Crippen molar-refractivity contribution in [3.63, 3.8) is 0 Å². The molecule has 0 saturated heterocycles. The van der Waals surface area contributed by atoms with E-state index in [2.05, 4.69) is 17.6 Å². The highest BCUT2D eigenvalue weighted by Gasteiger charge is 2.33. The lowest BCUT2D eigenvalue weighted by Gasteiger charge is -2.28. The van der Waals surface area contributed by atoms with Gasteiger partial charge in [-0.15, -0.1) is 0 Å². The van der Waals surface area contributed by atoms with Crippen molar-refractivity contribution in [1.29, 1.82) is 0 Å². The summed E-state index contributed by atoms with van der Waals surface area (Å²) >= 11 is 0. The third-order valence-electron chi connectivity index (χ3n) is 3.95. The fraction of sp³-hybridized carbons (Fsp3) is 0.857. The summed E-state index contributed by atoms with van der Waals surface area (Å²) in [5.74, 6) is 0.152. The van der Waals surface area contributed by atoms with E-state index in [0.29, 0.717) is 18.4 Å². The van der Waals surface area contributed by atoms with Crippen LogP contribution in [0.15, 0.2) is 0 Å². The third kappa shape index (κ3) is 4.73. The summed E-state index contributed by atoms with van der Waals surface area (Å²) in [6.45, 7) is 8.22. The normalized spacial score (nSPS) is 24.8. The van der Waals surface area contributed by atoms with Gasteiger partial charge in [0.2, 0.25) is 0 Å². The maximum Gasteiger partial charge on any atom is 0.326 e. The standard InChI is InChI=1S/C14H26N2O3/c1-9-6-5-7-10(9)8-15-13(19)16-11(12(17)18)14(2,3)4/h9-11H,5-8H2,1-4H3,(H,17,18)(H2,15,16,19). The number of rotatable bonds is 4. The van der Waals surface area contributed by atoms with Crippen LogP contribution in [0.1, 0.15) is 47.0 Å². The molecule has 19 heavy (non-hydrogen) atoms. The molecule has 3 N–H and O–H groups in total. The van der Waals surface area contributed by atoms with Gasteiger partial charge in [-0.05, 0) is 23.7 Å². The van der Waals surface area contributed by atoms with Crippen LogP contribution in [0.2, 0.25) is 0 Å². The van der Waals surface area contributed by atoms with Crippen molar-refractivity contribution in [3.8, 4) is 0 Å². The molecule has 5 nitrogen and oxygen atoms in total. The molecule has 0 radical (unpaired) electrons. The number of hydrogen-bond acceptors (Lipinski definition) is 2. The Labute approximate surface area is 115 Å². The molecular weight excluding hydrogens is 244 g/mol. The highest BCUT2D eigenvalue weighted by Crippen LogP contribution is 2.30. The van der Waals surface area contributed by atoms with Gasteiger partial charge in [0, 0.05) is 6.54 Å². The van der Waals surface area contributed by atoms with Crippen molar-refractivity contribution >= 4 is 12.0 Å². The maximum atomic E-state index is 11.8. The van der Waals surface area contributed by atoms with E-state index in [9.17, 15) is 9.59 Å². The summed E-state index contributed by atoms with van der Waals surface area (Å²) in [6.07, 6.45) is 3.58. The van der Waals surface area contributed by atoms with Crippen LogP contribution in [-0.2, 0) is 4.79 Å². The Balaban J connectivity index is 2.43. The van der Waals surface area contributed by atoms with E-state index < -0.39 is 17.4 Å². The molecule has 1 saturated carbocycles. The van der Waals surface area contributed by atoms with Crippen molar-refractivity contribution in [1.82, 2.24) is 10.6 Å². The summed E-state index contributed by atoms with van der Waals surface area (Å²) in [6, 6.07) is -1.27. The Morgan fingerprint density at radius 2 is 1.95 bits per heavy atom. The summed E-state index contributed by atoms with van der Waals surface area (Å²) in [4.78, 5) is 22.9. The fourth-order valence-electron chi connectivity index (χ4n) is 2.58. The molecule has 0 aromatic rings. The Bertz CT molecular complexity index is 336. The van der Waals surface area contributed by atoms with Gasteiger partial charge in [-0.1, -0.05) is 40.5 Å². The molecule has 1 rings (SSSR count). The van der Waals surface area contributed by atoms with Gasteiger partial charge in [0.25, 0.3) is 0 Å². The van der Waals surface area contributed by atoms with Gasteiger partial charge < -0.3 is 15.7 Å². The molecule has 1 aliphatic rings. The first kappa shape index (κ1) is 15.8. The minimum absolute atomic E-state index is 0.388. The van der Waals surface area contributed by atoms with E-state index in [4.69, 9.17) is 5.11 Å². The Kier molecular flexibility index (Phi) is 5.20. The molecule has 0 aliphatic heterocycles. The summed E-state index contributed by atoms with van der Waals surface area (Å²) < 4.78 is 0. The first-order valence-electron chi connectivity index (χ1n) is 6.99. The first-order valence-corrected chi connectivity index (χ1v) is 6.99. The molecule has 0 spiro atoms. The quantitative estimate of drug-likeness (QED) is 0.733. The fourth-order valence-corrected chi connectivity index (χ4v) is 2.58. The molecule has 0 aromatic carbocycles. The Hall–Kier alpha value is -1.26. The topological polar surface area (TPSA) is 78.4 Å². The molecule has 2 amide bonds. The first-order chi connectivity index (χ1) is 8.71. The van der Waals surface area contributed by atoms with E-state index in [-0.39, 0.29) is 6.03 Å². The van der Waals surface area contributed by atoms with Gasteiger partial charge in [-0.3, -0.25) is 0 Å². The molecule has 3 atom stereocenters. The number of carboxylic acids is 1. The predicted octanol–water partition coefficient (Wildman–Crippen LogP) is 2.22. The number of amides is 2. The van der Waals surface area contributed by atoms with Crippen LogP contribution < -0.4 is 10.6 Å². The lowest BCUT2D eigenvalue weighted by atomic mass is 9.87. The van der Waals surface area contributed by atoms with E-state index in [0.717, 1.165) is 6.42 Å². The number of carbonyl (C=O) groups excluding carboxylic acids is 1. The molecule has 3 unspecified atom stereocenters. The maximum absolute atomic E-state index is 11.8. The van der Waals surface area contributed by atoms with E-state index in [1.165, 1.54) is 12.8 Å².